The van der Waals surface area contributed by atoms with Crippen molar-refractivity contribution < 1.29 is 4.79 Å². The predicted octanol–water partition coefficient (Wildman–Crippen LogP) is 4.72. The molecular formula is C23H31Cl2N5O. The number of fused-ring (bicyclic) bond motifs is 1. The summed E-state index contributed by atoms with van der Waals surface area (Å²) in [4.78, 5) is 20.5. The zero-order valence-electron chi connectivity index (χ0n) is 18.2. The fourth-order valence-corrected chi connectivity index (χ4v) is 4.23. The van der Waals surface area contributed by atoms with Gasteiger partial charge in [-0.2, -0.15) is 5.10 Å². The summed E-state index contributed by atoms with van der Waals surface area (Å²) < 4.78 is 1.89. The minimum absolute atomic E-state index is 0. The van der Waals surface area contributed by atoms with E-state index in [1.807, 2.05) is 46.0 Å². The van der Waals surface area contributed by atoms with E-state index >= 15 is 0 Å². The molecule has 168 valence electrons. The zero-order chi connectivity index (χ0) is 20.5. The van der Waals surface area contributed by atoms with Gasteiger partial charge in [-0.15, -0.1) is 24.8 Å². The molecule has 2 atom stereocenters. The van der Waals surface area contributed by atoms with E-state index in [2.05, 4.69) is 25.9 Å². The van der Waals surface area contributed by atoms with E-state index in [0.29, 0.717) is 18.0 Å². The predicted molar refractivity (Wildman–Crippen MR) is 130 cm³/mol. The molecule has 0 radical (unpaired) electrons. The Bertz CT molecular complexity index is 1020. The maximum atomic E-state index is 13.7. The van der Waals surface area contributed by atoms with Crippen molar-refractivity contribution in [3.63, 3.8) is 0 Å². The molecule has 0 bridgehead atoms. The van der Waals surface area contributed by atoms with Gasteiger partial charge < -0.3 is 10.6 Å². The van der Waals surface area contributed by atoms with Crippen molar-refractivity contribution in [2.24, 2.45) is 11.7 Å². The summed E-state index contributed by atoms with van der Waals surface area (Å²) >= 11 is 0. The fraction of sp³-hybridized carbons (Fsp3) is 0.435. The number of piperidine rings is 1. The van der Waals surface area contributed by atoms with E-state index in [9.17, 15) is 4.79 Å². The van der Waals surface area contributed by atoms with Crippen LogP contribution in [-0.2, 0) is 0 Å². The Labute approximate surface area is 196 Å². The summed E-state index contributed by atoms with van der Waals surface area (Å²) in [7, 11) is 0. The molecule has 1 aromatic carbocycles. The van der Waals surface area contributed by atoms with Crippen molar-refractivity contribution in [2.75, 3.05) is 13.1 Å². The minimum Gasteiger partial charge on any atom is -0.334 e. The number of hydrogen-bond donors (Lipinski definition) is 1. The first-order valence-corrected chi connectivity index (χ1v) is 10.4. The van der Waals surface area contributed by atoms with Crippen LogP contribution in [0.1, 0.15) is 50.0 Å². The summed E-state index contributed by atoms with van der Waals surface area (Å²) in [5.74, 6) is 0.619. The van der Waals surface area contributed by atoms with E-state index in [4.69, 9.17) is 10.7 Å². The molecule has 1 amide bonds. The Morgan fingerprint density at radius 1 is 1.23 bits per heavy atom. The number of amides is 1. The van der Waals surface area contributed by atoms with Crippen molar-refractivity contribution >= 4 is 41.8 Å². The number of likely N-dealkylation sites (tertiary alicyclic amines) is 1. The van der Waals surface area contributed by atoms with Gasteiger partial charge in [0, 0.05) is 30.7 Å². The Balaban J connectivity index is 0.00000171. The van der Waals surface area contributed by atoms with Crippen molar-refractivity contribution in [2.45, 2.75) is 45.7 Å². The Kier molecular flexibility index (Phi) is 8.46. The number of hydrogen-bond acceptors (Lipinski definition) is 4. The van der Waals surface area contributed by atoms with E-state index in [0.717, 1.165) is 41.7 Å². The van der Waals surface area contributed by atoms with Crippen molar-refractivity contribution in [3.8, 4) is 11.3 Å². The zero-order valence-corrected chi connectivity index (χ0v) is 19.8. The highest BCUT2D eigenvalue weighted by Gasteiger charge is 2.31. The second kappa shape index (κ2) is 10.4. The number of nitrogens with two attached hydrogens (primary N) is 1. The van der Waals surface area contributed by atoms with Crippen molar-refractivity contribution in [3.05, 3.63) is 48.2 Å². The molecule has 6 nitrogen and oxygen atoms in total. The van der Waals surface area contributed by atoms with Crippen LogP contribution >= 0.6 is 24.8 Å². The molecule has 31 heavy (non-hydrogen) atoms. The first-order chi connectivity index (χ1) is 14.0. The second-order valence-corrected chi connectivity index (χ2v) is 8.36. The molecule has 4 rings (SSSR count). The molecule has 1 aliphatic rings. The highest BCUT2D eigenvalue weighted by Crippen LogP contribution is 2.30. The van der Waals surface area contributed by atoms with Crippen molar-refractivity contribution in [1.29, 1.82) is 0 Å². The van der Waals surface area contributed by atoms with Gasteiger partial charge in [0.1, 0.15) is 0 Å². The van der Waals surface area contributed by atoms with E-state index < -0.39 is 0 Å². The molecule has 1 fully saturated rings. The first-order valence-electron chi connectivity index (χ1n) is 10.4. The number of aromatic nitrogens is 3. The van der Waals surface area contributed by atoms with Crippen LogP contribution in [0.4, 0.5) is 0 Å². The van der Waals surface area contributed by atoms with E-state index in [1.54, 1.807) is 6.20 Å². The second-order valence-electron chi connectivity index (χ2n) is 8.36. The van der Waals surface area contributed by atoms with Crippen LogP contribution in [-0.4, -0.2) is 44.7 Å². The molecule has 0 spiro atoms. The van der Waals surface area contributed by atoms with Gasteiger partial charge >= 0.3 is 0 Å². The molecule has 2 N–H and O–H groups in total. The third-order valence-corrected chi connectivity index (χ3v) is 5.87. The van der Waals surface area contributed by atoms with Crippen LogP contribution in [0.15, 0.2) is 42.6 Å². The molecule has 1 aliphatic heterocycles. The van der Waals surface area contributed by atoms with E-state index in [-0.39, 0.29) is 42.8 Å². The van der Waals surface area contributed by atoms with Crippen LogP contribution in [0.3, 0.4) is 0 Å². The van der Waals surface area contributed by atoms with Gasteiger partial charge in [0.25, 0.3) is 5.91 Å². The standard InChI is InChI=1S/C23H29N5O.2ClH/c1-15(2)28-22-20(14-25-28)19(12-21(26-22)17-7-5-4-6-8-17)23(29)27-10-9-16(3)11-18(27)13-24;;/h4-8,12,14-16,18H,9-11,13,24H2,1-3H3;2*1H. The largest absolute Gasteiger partial charge is 0.334 e. The lowest BCUT2D eigenvalue weighted by atomic mass is 9.91. The highest BCUT2D eigenvalue weighted by atomic mass is 35.5. The number of carbonyl (C=O) groups is 1. The SMILES string of the molecule is CC1CCN(C(=O)c2cc(-c3ccccc3)nc3c2cnn3C(C)C)C(CN)C1.Cl.Cl. The summed E-state index contributed by atoms with van der Waals surface area (Å²) in [6.07, 6.45) is 3.73. The number of benzene rings is 1. The average molecular weight is 464 g/mol. The maximum absolute atomic E-state index is 13.7. The lowest BCUT2D eigenvalue weighted by molar-refractivity contribution is 0.0575. The van der Waals surface area contributed by atoms with Crippen molar-refractivity contribution in [1.82, 2.24) is 19.7 Å². The molecule has 8 heteroatoms. The van der Waals surface area contributed by atoms with Crippen LogP contribution in [0.25, 0.3) is 22.3 Å². The number of pyridine rings is 1. The lowest BCUT2D eigenvalue weighted by Crippen LogP contribution is -2.49. The van der Waals surface area contributed by atoms with Crippen LogP contribution in [0.2, 0.25) is 0 Å². The Morgan fingerprint density at radius 2 is 1.94 bits per heavy atom. The number of carbonyl (C=O) groups excluding carboxylic acids is 1. The molecule has 1 saturated heterocycles. The van der Waals surface area contributed by atoms with Gasteiger partial charge in [-0.3, -0.25) is 4.79 Å². The third-order valence-electron chi connectivity index (χ3n) is 5.87. The van der Waals surface area contributed by atoms with Crippen LogP contribution < -0.4 is 5.73 Å². The van der Waals surface area contributed by atoms with Gasteiger partial charge in [-0.05, 0) is 38.7 Å². The normalized spacial score (nSPS) is 18.5. The number of rotatable bonds is 4. The smallest absolute Gasteiger partial charge is 0.255 e. The minimum atomic E-state index is 0. The molecule has 3 heterocycles. The van der Waals surface area contributed by atoms with Crippen LogP contribution in [0.5, 0.6) is 0 Å². The van der Waals surface area contributed by atoms with Gasteiger partial charge in [-0.1, -0.05) is 37.3 Å². The average Bonchev–Trinajstić information content (AvgIpc) is 3.17. The Hall–Kier alpha value is -2.15. The summed E-state index contributed by atoms with van der Waals surface area (Å²) in [6.45, 7) is 7.60. The van der Waals surface area contributed by atoms with Gasteiger partial charge in [0.15, 0.2) is 5.65 Å². The molecule has 0 saturated carbocycles. The lowest BCUT2D eigenvalue weighted by Gasteiger charge is -2.38. The molecule has 0 aliphatic carbocycles. The first kappa shape index (κ1) is 25.1. The third kappa shape index (κ3) is 4.86. The van der Waals surface area contributed by atoms with Gasteiger partial charge in [-0.25, -0.2) is 9.67 Å². The number of halogens is 2. The van der Waals surface area contributed by atoms with Gasteiger partial charge in [0.2, 0.25) is 0 Å². The molecule has 3 aromatic rings. The summed E-state index contributed by atoms with van der Waals surface area (Å²) in [6, 6.07) is 12.1. The number of nitrogens with zero attached hydrogens (tertiary/aromatic N) is 4. The summed E-state index contributed by atoms with van der Waals surface area (Å²) in [5, 5.41) is 5.33. The van der Waals surface area contributed by atoms with E-state index in [1.165, 1.54) is 0 Å². The fourth-order valence-electron chi connectivity index (χ4n) is 4.23. The highest BCUT2D eigenvalue weighted by molar-refractivity contribution is 6.06. The Morgan fingerprint density at radius 3 is 2.58 bits per heavy atom. The molecular weight excluding hydrogens is 433 g/mol. The van der Waals surface area contributed by atoms with Gasteiger partial charge in [0.05, 0.1) is 22.8 Å². The topological polar surface area (TPSA) is 77.0 Å². The molecule has 2 unspecified atom stereocenters. The summed E-state index contributed by atoms with van der Waals surface area (Å²) in [5.41, 5.74) is 9.22. The molecule has 2 aromatic heterocycles. The monoisotopic (exact) mass is 463 g/mol. The maximum Gasteiger partial charge on any atom is 0.255 e. The van der Waals surface area contributed by atoms with Crippen LogP contribution in [0, 0.1) is 5.92 Å². The quantitative estimate of drug-likeness (QED) is 0.606.